The number of rotatable bonds is 6. The maximum atomic E-state index is 5.35. The van der Waals surface area contributed by atoms with E-state index in [-0.39, 0.29) is 5.92 Å². The van der Waals surface area contributed by atoms with Crippen LogP contribution >= 0.6 is 15.9 Å². The first-order chi connectivity index (χ1) is 15.2. The quantitative estimate of drug-likeness (QED) is 0.365. The summed E-state index contributed by atoms with van der Waals surface area (Å²) >= 11 is 3.54. The largest absolute Gasteiger partial charge is 0.497 e. The van der Waals surface area contributed by atoms with Crippen LogP contribution in [0, 0.1) is 0 Å². The topological polar surface area (TPSA) is 80.7 Å². The highest BCUT2D eigenvalue weighted by molar-refractivity contribution is 9.10. The smallest absolute Gasteiger partial charge is 0.164 e. The number of anilines is 1. The van der Waals surface area contributed by atoms with Crippen LogP contribution in [0.1, 0.15) is 17.0 Å². The van der Waals surface area contributed by atoms with Gasteiger partial charge >= 0.3 is 0 Å². The SMILES string of the molecule is COc1ccc(C(CNc2ncnc3c2c(Br)nn3C)c2c[nH]c3ccccc23)cc1. The molecule has 7 nitrogen and oxygen atoms in total. The van der Waals surface area contributed by atoms with Gasteiger partial charge in [0.15, 0.2) is 5.65 Å². The number of methoxy groups -OCH3 is 1. The summed E-state index contributed by atoms with van der Waals surface area (Å²) < 4.78 is 7.82. The Kier molecular flexibility index (Phi) is 5.07. The van der Waals surface area contributed by atoms with Gasteiger partial charge in [0.05, 0.1) is 12.5 Å². The fourth-order valence-electron chi connectivity index (χ4n) is 4.00. The Balaban J connectivity index is 1.55. The molecule has 5 aromatic rings. The Morgan fingerprint density at radius 2 is 1.94 bits per heavy atom. The summed E-state index contributed by atoms with van der Waals surface area (Å²) in [5.74, 6) is 1.69. The van der Waals surface area contributed by atoms with Crippen molar-refractivity contribution in [2.75, 3.05) is 19.0 Å². The van der Waals surface area contributed by atoms with Crippen molar-refractivity contribution in [3.05, 3.63) is 76.8 Å². The first kappa shape index (κ1) is 19.6. The fraction of sp³-hybridized carbons (Fsp3) is 0.174. The Labute approximate surface area is 187 Å². The van der Waals surface area contributed by atoms with Gasteiger partial charge in [0.25, 0.3) is 0 Å². The van der Waals surface area contributed by atoms with E-state index in [9.17, 15) is 0 Å². The van der Waals surface area contributed by atoms with Crippen molar-refractivity contribution in [2.45, 2.75) is 5.92 Å². The zero-order valence-corrected chi connectivity index (χ0v) is 18.7. The van der Waals surface area contributed by atoms with Gasteiger partial charge in [-0.2, -0.15) is 5.10 Å². The summed E-state index contributed by atoms with van der Waals surface area (Å²) in [5, 5.41) is 10.0. The van der Waals surface area contributed by atoms with Crippen molar-refractivity contribution < 1.29 is 4.74 Å². The van der Waals surface area contributed by atoms with Crippen LogP contribution in [0.4, 0.5) is 5.82 Å². The molecule has 3 aromatic heterocycles. The van der Waals surface area contributed by atoms with E-state index in [1.54, 1.807) is 18.1 Å². The maximum Gasteiger partial charge on any atom is 0.164 e. The Morgan fingerprint density at radius 3 is 2.74 bits per heavy atom. The van der Waals surface area contributed by atoms with Gasteiger partial charge in [0.1, 0.15) is 22.5 Å². The molecular formula is C23H21BrN6O. The van der Waals surface area contributed by atoms with E-state index in [1.165, 1.54) is 16.5 Å². The predicted octanol–water partition coefficient (Wildman–Crippen LogP) is 4.86. The van der Waals surface area contributed by atoms with Crippen LogP contribution < -0.4 is 10.1 Å². The molecule has 156 valence electrons. The summed E-state index contributed by atoms with van der Waals surface area (Å²) in [5.41, 5.74) is 4.31. The van der Waals surface area contributed by atoms with Gasteiger partial charge < -0.3 is 15.0 Å². The number of hydrogen-bond acceptors (Lipinski definition) is 5. The fourth-order valence-corrected chi connectivity index (χ4v) is 4.60. The lowest BCUT2D eigenvalue weighted by atomic mass is 9.90. The molecule has 0 radical (unpaired) electrons. The molecule has 0 saturated heterocycles. The van der Waals surface area contributed by atoms with Crippen LogP contribution in [-0.4, -0.2) is 38.4 Å². The van der Waals surface area contributed by atoms with Crippen molar-refractivity contribution in [1.82, 2.24) is 24.7 Å². The highest BCUT2D eigenvalue weighted by Crippen LogP contribution is 2.33. The second-order valence-corrected chi connectivity index (χ2v) is 8.08. The molecule has 1 unspecified atom stereocenters. The van der Waals surface area contributed by atoms with E-state index in [2.05, 4.69) is 77.8 Å². The van der Waals surface area contributed by atoms with Crippen LogP contribution in [0.3, 0.4) is 0 Å². The van der Waals surface area contributed by atoms with E-state index in [4.69, 9.17) is 4.74 Å². The number of para-hydroxylation sites is 1. The lowest BCUT2D eigenvalue weighted by Gasteiger charge is -2.19. The highest BCUT2D eigenvalue weighted by atomic mass is 79.9. The molecule has 1 atom stereocenters. The number of benzene rings is 2. The number of ether oxygens (including phenoxy) is 1. The van der Waals surface area contributed by atoms with Crippen molar-refractivity contribution in [3.63, 3.8) is 0 Å². The number of hydrogen-bond donors (Lipinski definition) is 2. The van der Waals surface area contributed by atoms with Crippen LogP contribution in [0.5, 0.6) is 5.75 Å². The Bertz CT molecular complexity index is 1360. The summed E-state index contributed by atoms with van der Waals surface area (Å²) in [6, 6.07) is 16.6. The zero-order valence-electron chi connectivity index (χ0n) is 17.1. The van der Waals surface area contributed by atoms with E-state index >= 15 is 0 Å². The second-order valence-electron chi connectivity index (χ2n) is 7.33. The third-order valence-electron chi connectivity index (χ3n) is 5.57. The van der Waals surface area contributed by atoms with Gasteiger partial charge in [-0.1, -0.05) is 30.3 Å². The lowest BCUT2D eigenvalue weighted by molar-refractivity contribution is 0.414. The molecule has 0 bridgehead atoms. The zero-order chi connectivity index (χ0) is 21.4. The minimum atomic E-state index is 0.0996. The van der Waals surface area contributed by atoms with E-state index in [1.807, 2.05) is 25.2 Å². The van der Waals surface area contributed by atoms with Gasteiger partial charge in [-0.05, 0) is 45.3 Å². The molecule has 0 aliphatic rings. The molecule has 8 heteroatoms. The van der Waals surface area contributed by atoms with Crippen molar-refractivity contribution in [3.8, 4) is 5.75 Å². The van der Waals surface area contributed by atoms with E-state index in [0.717, 1.165) is 32.7 Å². The summed E-state index contributed by atoms with van der Waals surface area (Å²) in [7, 11) is 3.55. The molecule has 5 rings (SSSR count). The Morgan fingerprint density at radius 1 is 1.13 bits per heavy atom. The summed E-state index contributed by atoms with van der Waals surface area (Å²) in [6.45, 7) is 0.654. The van der Waals surface area contributed by atoms with Crippen LogP contribution in [0.15, 0.2) is 65.7 Å². The number of nitrogens with zero attached hydrogens (tertiary/aromatic N) is 4. The molecule has 0 fully saturated rings. The molecule has 0 amide bonds. The van der Waals surface area contributed by atoms with E-state index in [0.29, 0.717) is 6.54 Å². The number of nitrogens with one attached hydrogen (secondary N) is 2. The van der Waals surface area contributed by atoms with Crippen molar-refractivity contribution in [1.29, 1.82) is 0 Å². The lowest BCUT2D eigenvalue weighted by Crippen LogP contribution is -2.15. The highest BCUT2D eigenvalue weighted by Gasteiger charge is 2.20. The average Bonchev–Trinajstić information content (AvgIpc) is 3.36. The Hall–Kier alpha value is -3.39. The number of halogens is 1. The molecular weight excluding hydrogens is 456 g/mol. The average molecular weight is 477 g/mol. The van der Waals surface area contributed by atoms with E-state index < -0.39 is 0 Å². The molecule has 0 aliphatic carbocycles. The number of aryl methyl sites for hydroxylation is 1. The number of fused-ring (bicyclic) bond motifs is 2. The summed E-state index contributed by atoms with van der Waals surface area (Å²) in [6.07, 6.45) is 3.66. The van der Waals surface area contributed by atoms with Gasteiger partial charge in [-0.25, -0.2) is 14.6 Å². The summed E-state index contributed by atoms with van der Waals surface area (Å²) in [4.78, 5) is 12.2. The molecule has 3 heterocycles. The normalized spacial score (nSPS) is 12.4. The molecule has 0 spiro atoms. The van der Waals surface area contributed by atoms with Gasteiger partial charge in [-0.3, -0.25) is 0 Å². The third-order valence-corrected chi connectivity index (χ3v) is 6.12. The van der Waals surface area contributed by atoms with Crippen LogP contribution in [0.25, 0.3) is 21.9 Å². The molecule has 2 N–H and O–H groups in total. The van der Waals surface area contributed by atoms with Crippen LogP contribution in [-0.2, 0) is 7.05 Å². The monoisotopic (exact) mass is 476 g/mol. The standard InChI is InChI=1S/C23H21BrN6O/c1-30-23-20(21(24)29-30)22(27-13-28-23)26-11-17(14-7-9-15(31-2)10-8-14)18-12-25-19-6-4-3-5-16(18)19/h3-10,12-13,17,25H,11H2,1-2H3,(H,26,27,28). The van der Waals surface area contributed by atoms with Crippen molar-refractivity contribution >= 4 is 43.7 Å². The number of aromatic amines is 1. The van der Waals surface area contributed by atoms with Gasteiger partial charge in [0.2, 0.25) is 0 Å². The molecule has 0 aliphatic heterocycles. The second kappa shape index (κ2) is 8.03. The third kappa shape index (κ3) is 3.53. The first-order valence-corrected chi connectivity index (χ1v) is 10.7. The predicted molar refractivity (Wildman–Crippen MR) is 126 cm³/mol. The van der Waals surface area contributed by atoms with Gasteiger partial charge in [-0.15, -0.1) is 0 Å². The minimum Gasteiger partial charge on any atom is -0.497 e. The van der Waals surface area contributed by atoms with Crippen LogP contribution in [0.2, 0.25) is 0 Å². The number of aromatic nitrogens is 5. The van der Waals surface area contributed by atoms with Gasteiger partial charge in [0, 0.05) is 36.6 Å². The first-order valence-electron chi connectivity index (χ1n) is 9.92. The maximum absolute atomic E-state index is 5.35. The number of H-pyrrole nitrogens is 1. The van der Waals surface area contributed by atoms with Crippen molar-refractivity contribution in [2.24, 2.45) is 7.05 Å². The molecule has 31 heavy (non-hydrogen) atoms. The molecule has 0 saturated carbocycles. The minimum absolute atomic E-state index is 0.0996. The molecule has 2 aromatic carbocycles.